The number of terminal acetylenes is 1. The third-order valence-corrected chi connectivity index (χ3v) is 1.47. The molecule has 0 aliphatic carbocycles. The zero-order valence-corrected chi connectivity index (χ0v) is 7.31. The molecule has 68 valence electrons. The smallest absolute Gasteiger partial charge is 0.218 e. The summed E-state index contributed by atoms with van der Waals surface area (Å²) in [6, 6.07) is 0. The van der Waals surface area contributed by atoms with E-state index in [4.69, 9.17) is 12.2 Å². The number of nitrogens with two attached hydrogens (primary N) is 1. The Labute approximate surface area is 73.7 Å². The Kier molecular flexibility index (Phi) is 7.41. The van der Waals surface area contributed by atoms with Gasteiger partial charge in [-0.05, 0) is 19.4 Å². The molecule has 0 aliphatic heterocycles. The molecule has 0 fully saturated rings. The van der Waals surface area contributed by atoms with Gasteiger partial charge in [0.15, 0.2) is 0 Å². The van der Waals surface area contributed by atoms with Gasteiger partial charge in [0.1, 0.15) is 0 Å². The average molecular weight is 168 g/mol. The first-order valence-electron chi connectivity index (χ1n) is 4.20. The van der Waals surface area contributed by atoms with Crippen molar-refractivity contribution in [2.24, 2.45) is 5.73 Å². The number of hydrogen-bond acceptors (Lipinski definition) is 2. The van der Waals surface area contributed by atoms with Gasteiger partial charge in [0.05, 0.1) is 0 Å². The van der Waals surface area contributed by atoms with Gasteiger partial charge in [0.25, 0.3) is 0 Å². The first kappa shape index (κ1) is 11.0. The van der Waals surface area contributed by atoms with Gasteiger partial charge in [-0.2, -0.15) is 0 Å². The summed E-state index contributed by atoms with van der Waals surface area (Å²) >= 11 is 0. The molecule has 0 aromatic heterocycles. The molecule has 0 rings (SSSR count). The van der Waals surface area contributed by atoms with Crippen molar-refractivity contribution in [3.63, 3.8) is 0 Å². The van der Waals surface area contributed by atoms with E-state index >= 15 is 0 Å². The summed E-state index contributed by atoms with van der Waals surface area (Å²) < 4.78 is 0. The topological polar surface area (TPSA) is 55.1 Å². The lowest BCUT2D eigenvalue weighted by Crippen LogP contribution is -2.22. The molecule has 0 aliphatic rings. The van der Waals surface area contributed by atoms with Crippen LogP contribution in [0.2, 0.25) is 0 Å². The summed E-state index contributed by atoms with van der Waals surface area (Å²) in [4.78, 5) is 10.3. The standard InChI is InChI=1S/C9H16N2O/c1-2-3-4-5-7-11-8-6-9(10)12/h1,11H,3-8H2,(H2,10,12). The first-order valence-corrected chi connectivity index (χ1v) is 4.20. The molecule has 0 unspecified atom stereocenters. The second-order valence-corrected chi connectivity index (χ2v) is 2.63. The van der Waals surface area contributed by atoms with Gasteiger partial charge in [0, 0.05) is 19.4 Å². The Balaban J connectivity index is 2.92. The lowest BCUT2D eigenvalue weighted by Gasteiger charge is -2.00. The summed E-state index contributed by atoms with van der Waals surface area (Å²) in [6.45, 7) is 1.58. The Morgan fingerprint density at radius 1 is 1.42 bits per heavy atom. The van der Waals surface area contributed by atoms with E-state index in [0.29, 0.717) is 13.0 Å². The summed E-state index contributed by atoms with van der Waals surface area (Å²) in [7, 11) is 0. The van der Waals surface area contributed by atoms with Gasteiger partial charge in [-0.15, -0.1) is 12.3 Å². The maximum absolute atomic E-state index is 10.3. The van der Waals surface area contributed by atoms with Gasteiger partial charge in [-0.1, -0.05) is 0 Å². The van der Waals surface area contributed by atoms with Gasteiger partial charge in [-0.25, -0.2) is 0 Å². The summed E-state index contributed by atoms with van der Waals surface area (Å²) in [5.74, 6) is 2.32. The second kappa shape index (κ2) is 8.09. The molecule has 1 amide bonds. The SMILES string of the molecule is C#CCCCCNCCC(N)=O. The zero-order chi connectivity index (χ0) is 9.23. The van der Waals surface area contributed by atoms with Crippen LogP contribution < -0.4 is 11.1 Å². The fourth-order valence-corrected chi connectivity index (χ4v) is 0.814. The third kappa shape index (κ3) is 8.99. The largest absolute Gasteiger partial charge is 0.370 e. The van der Waals surface area contributed by atoms with E-state index in [1.807, 2.05) is 0 Å². The van der Waals surface area contributed by atoms with Gasteiger partial charge in [0.2, 0.25) is 5.91 Å². The Morgan fingerprint density at radius 3 is 2.75 bits per heavy atom. The Bertz CT molecular complexity index is 160. The highest BCUT2D eigenvalue weighted by Crippen LogP contribution is 1.90. The molecule has 12 heavy (non-hydrogen) atoms. The predicted molar refractivity (Wildman–Crippen MR) is 49.4 cm³/mol. The van der Waals surface area contributed by atoms with Crippen LogP contribution in [-0.4, -0.2) is 19.0 Å². The predicted octanol–water partition coefficient (Wildman–Crippen LogP) is 0.255. The zero-order valence-electron chi connectivity index (χ0n) is 7.31. The molecule has 0 spiro atoms. The molecule has 0 aromatic carbocycles. The van der Waals surface area contributed by atoms with Crippen molar-refractivity contribution >= 4 is 5.91 Å². The van der Waals surface area contributed by atoms with Crippen LogP contribution in [0.1, 0.15) is 25.7 Å². The van der Waals surface area contributed by atoms with Crippen molar-refractivity contribution in [2.45, 2.75) is 25.7 Å². The minimum atomic E-state index is -0.258. The molecule has 0 aromatic rings. The van der Waals surface area contributed by atoms with Crippen LogP contribution in [0.3, 0.4) is 0 Å². The number of unbranched alkanes of at least 4 members (excludes halogenated alkanes) is 2. The fourth-order valence-electron chi connectivity index (χ4n) is 0.814. The van der Waals surface area contributed by atoms with E-state index in [1.165, 1.54) is 0 Å². The molecule has 3 N–H and O–H groups in total. The van der Waals surface area contributed by atoms with Gasteiger partial charge < -0.3 is 11.1 Å². The normalized spacial score (nSPS) is 9.25. The van der Waals surface area contributed by atoms with Crippen molar-refractivity contribution in [1.29, 1.82) is 0 Å². The van der Waals surface area contributed by atoms with Crippen LogP contribution in [0, 0.1) is 12.3 Å². The molecule has 0 heterocycles. The van der Waals surface area contributed by atoms with E-state index in [0.717, 1.165) is 25.8 Å². The quantitative estimate of drug-likeness (QED) is 0.423. The second-order valence-electron chi connectivity index (χ2n) is 2.63. The fraction of sp³-hybridized carbons (Fsp3) is 0.667. The van der Waals surface area contributed by atoms with Crippen LogP contribution in [0.15, 0.2) is 0 Å². The molecule has 0 saturated heterocycles. The third-order valence-electron chi connectivity index (χ3n) is 1.47. The summed E-state index contributed by atoms with van der Waals surface area (Å²) in [6.07, 6.45) is 8.42. The van der Waals surface area contributed by atoms with E-state index in [2.05, 4.69) is 11.2 Å². The monoisotopic (exact) mass is 168 g/mol. The number of carbonyl (C=O) groups is 1. The van der Waals surface area contributed by atoms with E-state index in [1.54, 1.807) is 0 Å². The lowest BCUT2D eigenvalue weighted by molar-refractivity contribution is -0.117. The number of carbonyl (C=O) groups excluding carboxylic acids is 1. The van der Waals surface area contributed by atoms with E-state index in [-0.39, 0.29) is 5.91 Å². The highest BCUT2D eigenvalue weighted by atomic mass is 16.1. The minimum absolute atomic E-state index is 0.258. The molecule has 0 atom stereocenters. The van der Waals surface area contributed by atoms with Crippen LogP contribution in [0.4, 0.5) is 0 Å². The van der Waals surface area contributed by atoms with Crippen LogP contribution >= 0.6 is 0 Å². The van der Waals surface area contributed by atoms with Crippen molar-refractivity contribution in [3.8, 4) is 12.3 Å². The Hall–Kier alpha value is -1.01. The number of nitrogens with one attached hydrogen (secondary N) is 1. The molecule has 0 bridgehead atoms. The first-order chi connectivity index (χ1) is 5.77. The van der Waals surface area contributed by atoms with Gasteiger partial charge >= 0.3 is 0 Å². The van der Waals surface area contributed by atoms with Gasteiger partial charge in [-0.3, -0.25) is 4.79 Å². The summed E-state index contributed by atoms with van der Waals surface area (Å²) in [5.41, 5.74) is 4.95. The number of primary amides is 1. The highest BCUT2D eigenvalue weighted by Gasteiger charge is 1.92. The van der Waals surface area contributed by atoms with Crippen molar-refractivity contribution < 1.29 is 4.79 Å². The van der Waals surface area contributed by atoms with E-state index in [9.17, 15) is 4.79 Å². The maximum Gasteiger partial charge on any atom is 0.218 e. The van der Waals surface area contributed by atoms with E-state index < -0.39 is 0 Å². The van der Waals surface area contributed by atoms with Crippen LogP contribution in [-0.2, 0) is 4.79 Å². The molecule has 3 nitrogen and oxygen atoms in total. The van der Waals surface area contributed by atoms with Crippen LogP contribution in [0.5, 0.6) is 0 Å². The van der Waals surface area contributed by atoms with Crippen molar-refractivity contribution in [3.05, 3.63) is 0 Å². The Morgan fingerprint density at radius 2 is 2.17 bits per heavy atom. The molecule has 0 radical (unpaired) electrons. The van der Waals surface area contributed by atoms with Crippen LogP contribution in [0.25, 0.3) is 0 Å². The molecule has 0 saturated carbocycles. The molecule has 3 heteroatoms. The van der Waals surface area contributed by atoms with Crippen molar-refractivity contribution in [2.75, 3.05) is 13.1 Å². The highest BCUT2D eigenvalue weighted by molar-refractivity contribution is 5.73. The summed E-state index contributed by atoms with van der Waals surface area (Å²) in [5, 5.41) is 3.11. The molecular formula is C9H16N2O. The lowest BCUT2D eigenvalue weighted by atomic mass is 10.2. The number of rotatable bonds is 7. The number of hydrogen-bond donors (Lipinski definition) is 2. The minimum Gasteiger partial charge on any atom is -0.370 e. The van der Waals surface area contributed by atoms with Crippen molar-refractivity contribution in [1.82, 2.24) is 5.32 Å². The maximum atomic E-state index is 10.3. The molecular weight excluding hydrogens is 152 g/mol. The average Bonchev–Trinajstić information content (AvgIpc) is 2.02. The number of amides is 1.